The van der Waals surface area contributed by atoms with Crippen LogP contribution in [0.15, 0.2) is 51.0 Å². The van der Waals surface area contributed by atoms with Crippen LogP contribution in [0.5, 0.6) is 0 Å². The number of hydrogen-bond donors (Lipinski definition) is 1. The number of nitriles is 1. The lowest BCUT2D eigenvalue weighted by molar-refractivity contribution is -0.118. The Morgan fingerprint density at radius 1 is 1.33 bits per heavy atom. The van der Waals surface area contributed by atoms with Crippen molar-refractivity contribution in [2.45, 2.75) is 32.4 Å². The van der Waals surface area contributed by atoms with Crippen molar-refractivity contribution in [2.75, 3.05) is 12.9 Å². The Morgan fingerprint density at radius 2 is 2.09 bits per heavy atom. The fourth-order valence-electron chi connectivity index (χ4n) is 3.47. The van der Waals surface area contributed by atoms with Gasteiger partial charge in [-0.25, -0.2) is 10.4 Å². The monoisotopic (exact) mass is 525 g/mol. The molecule has 0 spiro atoms. The molecular formula is C24H24BrN5O2S. The summed E-state index contributed by atoms with van der Waals surface area (Å²) >= 11 is 4.80. The molecule has 0 aliphatic carbocycles. The number of carbonyl (C=O) groups is 1. The van der Waals surface area contributed by atoms with Crippen molar-refractivity contribution in [1.82, 2.24) is 15.0 Å². The average molecular weight is 526 g/mol. The molecule has 0 saturated heterocycles. The van der Waals surface area contributed by atoms with Gasteiger partial charge in [0.1, 0.15) is 11.1 Å². The van der Waals surface area contributed by atoms with E-state index in [1.54, 1.807) is 13.3 Å². The van der Waals surface area contributed by atoms with Crippen LogP contribution in [0.2, 0.25) is 0 Å². The second-order valence-electron chi connectivity index (χ2n) is 7.34. The molecule has 0 saturated carbocycles. The number of aryl methyl sites for hydroxylation is 2. The van der Waals surface area contributed by atoms with Gasteiger partial charge in [0.2, 0.25) is 5.91 Å². The molecule has 0 radical (unpaired) electrons. The van der Waals surface area contributed by atoms with Gasteiger partial charge in [0.05, 0.1) is 29.8 Å². The molecule has 0 atom stereocenters. The van der Waals surface area contributed by atoms with Gasteiger partial charge >= 0.3 is 0 Å². The molecule has 7 nitrogen and oxygen atoms in total. The number of para-hydroxylation sites is 1. The van der Waals surface area contributed by atoms with E-state index in [1.807, 2.05) is 57.2 Å². The number of benzene rings is 1. The number of pyridine rings is 1. The predicted octanol–water partition coefficient (Wildman–Crippen LogP) is 4.82. The van der Waals surface area contributed by atoms with Crippen LogP contribution < -0.4 is 5.43 Å². The number of nitrogens with zero attached hydrogens (tertiary/aromatic N) is 4. The number of nitrogens with one attached hydrogen (secondary N) is 1. The van der Waals surface area contributed by atoms with Crippen LogP contribution in [0.4, 0.5) is 0 Å². The van der Waals surface area contributed by atoms with E-state index in [-0.39, 0.29) is 11.7 Å². The van der Waals surface area contributed by atoms with Gasteiger partial charge in [0, 0.05) is 34.2 Å². The highest BCUT2D eigenvalue weighted by Gasteiger charge is 2.14. The summed E-state index contributed by atoms with van der Waals surface area (Å²) in [5.41, 5.74) is 8.54. The fraction of sp³-hybridized carbons (Fsp3) is 0.250. The quantitative estimate of drug-likeness (QED) is 0.258. The number of methoxy groups -OCH3 is 1. The van der Waals surface area contributed by atoms with E-state index in [9.17, 15) is 10.1 Å². The summed E-state index contributed by atoms with van der Waals surface area (Å²) in [5, 5.41) is 14.1. The number of hydrazone groups is 1. The molecule has 0 bridgehead atoms. The Labute approximate surface area is 206 Å². The second kappa shape index (κ2) is 11.3. The smallest absolute Gasteiger partial charge is 0.250 e. The Kier molecular flexibility index (Phi) is 8.44. The van der Waals surface area contributed by atoms with E-state index in [0.29, 0.717) is 17.2 Å². The maximum atomic E-state index is 12.3. The third-order valence-electron chi connectivity index (χ3n) is 4.90. The summed E-state index contributed by atoms with van der Waals surface area (Å²) in [6, 6.07) is 14.0. The first-order valence-electron chi connectivity index (χ1n) is 10.1. The lowest BCUT2D eigenvalue weighted by atomic mass is 10.1. The molecule has 9 heteroatoms. The minimum absolute atomic E-state index is 0.0882. The van der Waals surface area contributed by atoms with E-state index in [2.05, 4.69) is 42.1 Å². The highest BCUT2D eigenvalue weighted by Crippen LogP contribution is 2.26. The molecule has 2 heterocycles. The van der Waals surface area contributed by atoms with Crippen molar-refractivity contribution in [3.8, 4) is 11.8 Å². The molecule has 1 amide bonds. The van der Waals surface area contributed by atoms with Crippen LogP contribution in [0.1, 0.15) is 33.8 Å². The standard InChI is InChI=1S/C24H24BrN5O2S/c1-15-9-19(13-32-4)20(11-26)24(28-15)33-14-23(31)29-27-12-18-10-16(2)30(17(18)3)22-8-6-5-7-21(22)25/h5-10,12H,13-14H2,1-4H3,(H,29,31)/b27-12+. The summed E-state index contributed by atoms with van der Waals surface area (Å²) in [4.78, 5) is 16.7. The molecule has 2 aromatic heterocycles. The summed E-state index contributed by atoms with van der Waals surface area (Å²) < 4.78 is 8.29. The zero-order valence-corrected chi connectivity index (χ0v) is 21.2. The fourth-order valence-corrected chi connectivity index (χ4v) is 4.79. The molecule has 0 fully saturated rings. The number of ether oxygens (including phenoxy) is 1. The van der Waals surface area contributed by atoms with Gasteiger partial charge in [0.25, 0.3) is 0 Å². The van der Waals surface area contributed by atoms with Crippen molar-refractivity contribution < 1.29 is 9.53 Å². The Morgan fingerprint density at radius 3 is 2.79 bits per heavy atom. The van der Waals surface area contributed by atoms with Gasteiger partial charge in [-0.1, -0.05) is 23.9 Å². The van der Waals surface area contributed by atoms with Crippen LogP contribution in [-0.2, 0) is 16.1 Å². The van der Waals surface area contributed by atoms with Crippen LogP contribution in [-0.4, -0.2) is 34.5 Å². The first-order chi connectivity index (χ1) is 15.8. The highest BCUT2D eigenvalue weighted by molar-refractivity contribution is 9.10. The molecular weight excluding hydrogens is 502 g/mol. The lowest BCUT2D eigenvalue weighted by Gasteiger charge is -2.11. The number of amides is 1. The number of halogens is 1. The molecule has 0 aliphatic rings. The van der Waals surface area contributed by atoms with Crippen LogP contribution >= 0.6 is 27.7 Å². The highest BCUT2D eigenvalue weighted by atomic mass is 79.9. The van der Waals surface area contributed by atoms with Crippen LogP contribution in [0.25, 0.3) is 5.69 Å². The molecule has 3 aromatic rings. The van der Waals surface area contributed by atoms with Gasteiger partial charge in [-0.3, -0.25) is 4.79 Å². The summed E-state index contributed by atoms with van der Waals surface area (Å²) in [5.74, 6) is -0.193. The predicted molar refractivity (Wildman–Crippen MR) is 134 cm³/mol. The molecule has 1 aromatic carbocycles. The van der Waals surface area contributed by atoms with E-state index < -0.39 is 0 Å². The SMILES string of the molecule is COCc1cc(C)nc(SCC(=O)N/N=C/c2cc(C)n(-c3ccccc3Br)c2C)c1C#N. The zero-order valence-electron chi connectivity index (χ0n) is 18.8. The first kappa shape index (κ1) is 24.7. The maximum absolute atomic E-state index is 12.3. The largest absolute Gasteiger partial charge is 0.380 e. The number of thioether (sulfide) groups is 1. The minimum atomic E-state index is -0.281. The lowest BCUT2D eigenvalue weighted by Crippen LogP contribution is -2.20. The maximum Gasteiger partial charge on any atom is 0.250 e. The van der Waals surface area contributed by atoms with Crippen LogP contribution in [0.3, 0.4) is 0 Å². The van der Waals surface area contributed by atoms with Crippen molar-refractivity contribution in [3.05, 3.63) is 74.6 Å². The Hall–Kier alpha value is -2.93. The third kappa shape index (κ3) is 5.90. The number of hydrogen-bond acceptors (Lipinski definition) is 6. The molecule has 0 unspecified atom stereocenters. The topological polar surface area (TPSA) is 92.3 Å². The van der Waals surface area contributed by atoms with Crippen molar-refractivity contribution in [2.24, 2.45) is 5.10 Å². The van der Waals surface area contributed by atoms with Crippen LogP contribution in [0, 0.1) is 32.1 Å². The number of carbonyl (C=O) groups excluding carboxylic acids is 1. The third-order valence-corrected chi connectivity index (χ3v) is 6.55. The molecule has 1 N–H and O–H groups in total. The van der Waals surface area contributed by atoms with Gasteiger partial charge in [-0.05, 0) is 66.5 Å². The van der Waals surface area contributed by atoms with Gasteiger partial charge < -0.3 is 9.30 Å². The summed E-state index contributed by atoms with van der Waals surface area (Å²) in [7, 11) is 1.57. The van der Waals surface area contributed by atoms with Gasteiger partial charge in [-0.2, -0.15) is 10.4 Å². The normalized spacial score (nSPS) is 11.0. The second-order valence-corrected chi connectivity index (χ2v) is 9.16. The minimum Gasteiger partial charge on any atom is -0.380 e. The Bertz CT molecular complexity index is 1250. The van der Waals surface area contributed by atoms with Crippen molar-refractivity contribution in [1.29, 1.82) is 5.26 Å². The molecule has 33 heavy (non-hydrogen) atoms. The van der Waals surface area contributed by atoms with Gasteiger partial charge in [-0.15, -0.1) is 0 Å². The van der Waals surface area contributed by atoms with Crippen molar-refractivity contribution >= 4 is 39.8 Å². The average Bonchev–Trinajstić information content (AvgIpc) is 3.05. The van der Waals surface area contributed by atoms with E-state index in [1.165, 1.54) is 11.8 Å². The van der Waals surface area contributed by atoms with E-state index >= 15 is 0 Å². The molecule has 170 valence electrons. The molecule has 3 rings (SSSR count). The first-order valence-corrected chi connectivity index (χ1v) is 11.9. The summed E-state index contributed by atoms with van der Waals surface area (Å²) in [6.45, 7) is 6.20. The van der Waals surface area contributed by atoms with Crippen molar-refractivity contribution in [3.63, 3.8) is 0 Å². The number of rotatable bonds is 8. The van der Waals surface area contributed by atoms with E-state index in [0.717, 1.165) is 38.4 Å². The van der Waals surface area contributed by atoms with Gasteiger partial charge in [0.15, 0.2) is 0 Å². The Balaban J connectivity index is 1.67. The zero-order chi connectivity index (χ0) is 24.0. The number of aromatic nitrogens is 2. The van der Waals surface area contributed by atoms with E-state index in [4.69, 9.17) is 4.74 Å². The molecule has 0 aliphatic heterocycles. The summed E-state index contributed by atoms with van der Waals surface area (Å²) in [6.07, 6.45) is 1.64.